The van der Waals surface area contributed by atoms with Gasteiger partial charge in [0, 0.05) is 60.2 Å². The maximum absolute atomic E-state index is 14.0. The molecule has 2 N–H and O–H groups in total. The van der Waals surface area contributed by atoms with Crippen molar-refractivity contribution >= 4 is 57.1 Å². The maximum Gasteiger partial charge on any atom is 0.253 e. The van der Waals surface area contributed by atoms with Gasteiger partial charge in [0.2, 0.25) is 0 Å². The third-order valence-electron chi connectivity index (χ3n) is 10.0. The highest BCUT2D eigenvalue weighted by Gasteiger charge is 2.30. The first-order chi connectivity index (χ1) is 25.0. The van der Waals surface area contributed by atoms with Crippen LogP contribution in [0.3, 0.4) is 0 Å². The van der Waals surface area contributed by atoms with Gasteiger partial charge < -0.3 is 15.5 Å². The van der Waals surface area contributed by atoms with Crippen molar-refractivity contribution in [1.29, 1.82) is 5.26 Å². The Bertz CT molecular complexity index is 2160. The van der Waals surface area contributed by atoms with E-state index in [0.717, 1.165) is 57.4 Å². The minimum atomic E-state index is -0.550. The van der Waals surface area contributed by atoms with Gasteiger partial charge in [-0.3, -0.25) is 14.7 Å². The number of halogens is 3. The van der Waals surface area contributed by atoms with Crippen molar-refractivity contribution in [2.45, 2.75) is 64.1 Å². The summed E-state index contributed by atoms with van der Waals surface area (Å²) in [6.45, 7) is 10.2. The van der Waals surface area contributed by atoms with Gasteiger partial charge in [-0.15, -0.1) is 5.10 Å². The molecule has 2 aliphatic heterocycles. The van der Waals surface area contributed by atoms with Crippen LogP contribution in [0.2, 0.25) is 10.0 Å². The van der Waals surface area contributed by atoms with Gasteiger partial charge in [-0.25, -0.2) is 9.07 Å². The van der Waals surface area contributed by atoms with E-state index in [-0.39, 0.29) is 28.1 Å². The number of amides is 1. The monoisotopic (exact) mass is 739 g/mol. The van der Waals surface area contributed by atoms with Crippen molar-refractivity contribution < 1.29 is 9.18 Å². The van der Waals surface area contributed by atoms with Gasteiger partial charge in [-0.05, 0) is 94.5 Å². The molecule has 5 aromatic rings. The van der Waals surface area contributed by atoms with E-state index >= 15 is 0 Å². The Kier molecular flexibility index (Phi) is 10.1. The summed E-state index contributed by atoms with van der Waals surface area (Å²) in [7, 11) is 0. The van der Waals surface area contributed by atoms with Gasteiger partial charge in [0.1, 0.15) is 17.6 Å². The summed E-state index contributed by atoms with van der Waals surface area (Å²) < 4.78 is 15.9. The number of hydrogen-bond acceptors (Lipinski definition) is 8. The summed E-state index contributed by atoms with van der Waals surface area (Å²) in [5, 5.41) is 27.1. The second-order valence-corrected chi connectivity index (χ2v) is 15.3. The Balaban J connectivity index is 1.27. The number of carbonyl (C=O) groups is 1. The number of hydrogen-bond donors (Lipinski definition) is 2. The first kappa shape index (κ1) is 35.6. The van der Waals surface area contributed by atoms with E-state index in [1.807, 2.05) is 46.1 Å². The molecule has 3 aromatic carbocycles. The molecule has 1 atom stereocenters. The predicted molar refractivity (Wildman–Crippen MR) is 203 cm³/mol. The number of benzene rings is 3. The summed E-state index contributed by atoms with van der Waals surface area (Å²) in [4.78, 5) is 22.4. The topological polar surface area (TPSA) is 115 Å². The average Bonchev–Trinajstić information content (AvgIpc) is 3.86. The fourth-order valence-electron chi connectivity index (χ4n) is 7.13. The minimum Gasteiger partial charge on any atom is -0.373 e. The molecule has 10 nitrogen and oxygen atoms in total. The fraction of sp³-hybridized carbons (Fsp3) is 0.359. The normalized spacial score (nSPS) is 16.2. The molecule has 4 heterocycles. The second-order valence-electron chi connectivity index (χ2n) is 14.5. The lowest BCUT2D eigenvalue weighted by Crippen LogP contribution is -2.46. The third-order valence-corrected chi connectivity index (χ3v) is 10.6. The Morgan fingerprint density at radius 3 is 2.46 bits per heavy atom. The molecule has 0 aliphatic carbocycles. The van der Waals surface area contributed by atoms with Crippen molar-refractivity contribution in [2.75, 3.05) is 36.8 Å². The Morgan fingerprint density at radius 2 is 1.75 bits per heavy atom. The number of likely N-dealkylation sites (tertiary alicyclic amines) is 2. The number of nitrogens with zero attached hydrogens (tertiary/aromatic N) is 7. The molecule has 0 unspecified atom stereocenters. The molecule has 0 bridgehead atoms. The number of anilines is 3. The maximum atomic E-state index is 14.0. The molecule has 268 valence electrons. The van der Waals surface area contributed by atoms with Crippen molar-refractivity contribution in [2.24, 2.45) is 0 Å². The van der Waals surface area contributed by atoms with Crippen LogP contribution >= 0.6 is 23.2 Å². The lowest BCUT2D eigenvalue weighted by atomic mass is 9.98. The molecular weight excluding hydrogens is 700 g/mol. The van der Waals surface area contributed by atoms with Gasteiger partial charge in [0.05, 0.1) is 45.1 Å². The number of nitrogens with one attached hydrogen (secondary N) is 2. The summed E-state index contributed by atoms with van der Waals surface area (Å²) in [6.07, 6.45) is 7.37. The first-order valence-electron chi connectivity index (χ1n) is 17.6. The number of piperidine rings is 1. The zero-order chi connectivity index (χ0) is 36.6. The molecule has 2 fully saturated rings. The number of pyridine rings is 1. The summed E-state index contributed by atoms with van der Waals surface area (Å²) >= 11 is 13.0. The molecule has 7 rings (SSSR count). The molecule has 52 heavy (non-hydrogen) atoms. The first-order valence-corrected chi connectivity index (χ1v) is 18.3. The molecule has 2 aromatic heterocycles. The Labute approximate surface area is 312 Å². The lowest BCUT2D eigenvalue weighted by molar-refractivity contribution is 0.0792. The van der Waals surface area contributed by atoms with Crippen LogP contribution in [0.4, 0.5) is 21.5 Å². The van der Waals surface area contributed by atoms with E-state index in [2.05, 4.69) is 57.7 Å². The van der Waals surface area contributed by atoms with Crippen molar-refractivity contribution in [3.8, 4) is 6.07 Å². The smallest absolute Gasteiger partial charge is 0.253 e. The van der Waals surface area contributed by atoms with Crippen molar-refractivity contribution in [3.05, 3.63) is 105 Å². The van der Waals surface area contributed by atoms with Crippen molar-refractivity contribution in [1.82, 2.24) is 29.8 Å². The zero-order valence-electron chi connectivity index (χ0n) is 29.3. The van der Waals surface area contributed by atoms with Gasteiger partial charge in [-0.1, -0.05) is 40.5 Å². The number of nitriles is 1. The standard InChI is InChI=1S/C39H40Cl2FN9O/c1-39(2,3)50-15-11-29(12-16-50)51-23-34(47-48-51)36(24-7-6-8-25(17-24)38(52)49-13-4-5-14-49)46-28-18-30-35(45-27-9-10-33(42)31(40)19-27)26(21-43)22-44-37(30)32(41)20-28/h6-10,17-20,22-23,29,36,46H,4-5,11-16H2,1-3H3,(H,44,45)/t36-/m0/s1. The van der Waals surface area contributed by atoms with Crippen LogP contribution < -0.4 is 10.6 Å². The second kappa shape index (κ2) is 14.7. The molecule has 0 saturated carbocycles. The van der Waals surface area contributed by atoms with E-state index in [1.54, 1.807) is 12.1 Å². The largest absolute Gasteiger partial charge is 0.373 e. The van der Waals surface area contributed by atoms with Gasteiger partial charge in [-0.2, -0.15) is 5.26 Å². The predicted octanol–water partition coefficient (Wildman–Crippen LogP) is 8.76. The van der Waals surface area contributed by atoms with Crippen LogP contribution in [0.15, 0.2) is 67.0 Å². The molecular formula is C39H40Cl2FN9O. The number of rotatable bonds is 8. The number of carbonyl (C=O) groups excluding carboxylic acids is 1. The van der Waals surface area contributed by atoms with E-state index in [0.29, 0.717) is 44.2 Å². The van der Waals surface area contributed by atoms with Gasteiger partial charge in [0.25, 0.3) is 5.91 Å². The van der Waals surface area contributed by atoms with E-state index in [1.165, 1.54) is 18.3 Å². The minimum absolute atomic E-state index is 0.00725. The molecule has 0 radical (unpaired) electrons. The summed E-state index contributed by atoms with van der Waals surface area (Å²) in [5.74, 6) is -0.542. The van der Waals surface area contributed by atoms with Crippen LogP contribution in [0.25, 0.3) is 10.9 Å². The zero-order valence-corrected chi connectivity index (χ0v) is 30.8. The van der Waals surface area contributed by atoms with E-state index < -0.39 is 11.9 Å². The Hall–Kier alpha value is -4.76. The molecule has 2 saturated heterocycles. The highest BCUT2D eigenvalue weighted by Crippen LogP contribution is 2.38. The van der Waals surface area contributed by atoms with Crippen LogP contribution in [0, 0.1) is 17.1 Å². The molecule has 13 heteroatoms. The highest BCUT2D eigenvalue weighted by atomic mass is 35.5. The fourth-order valence-corrected chi connectivity index (χ4v) is 7.58. The van der Waals surface area contributed by atoms with Crippen LogP contribution in [0.5, 0.6) is 0 Å². The molecule has 2 aliphatic rings. The third kappa shape index (κ3) is 7.42. The van der Waals surface area contributed by atoms with Crippen LogP contribution in [0.1, 0.15) is 85.7 Å². The van der Waals surface area contributed by atoms with Gasteiger partial charge >= 0.3 is 0 Å². The quantitative estimate of drug-likeness (QED) is 0.162. The van der Waals surface area contributed by atoms with E-state index in [9.17, 15) is 14.4 Å². The molecule has 0 spiro atoms. The van der Waals surface area contributed by atoms with Crippen LogP contribution in [-0.2, 0) is 0 Å². The van der Waals surface area contributed by atoms with Crippen molar-refractivity contribution in [3.63, 3.8) is 0 Å². The summed E-state index contributed by atoms with van der Waals surface area (Å²) in [6, 6.07) is 17.4. The highest BCUT2D eigenvalue weighted by molar-refractivity contribution is 6.36. The SMILES string of the molecule is CC(C)(C)N1CCC(n2cc([C@@H](Nc3cc(Cl)c4ncc(C#N)c(Nc5ccc(F)c(Cl)c5)c4c3)c3cccc(C(=O)N4CCCC4)c3)nn2)CC1. The van der Waals surface area contributed by atoms with Crippen LogP contribution in [-0.4, -0.2) is 67.4 Å². The lowest BCUT2D eigenvalue weighted by Gasteiger charge is -2.40. The van der Waals surface area contributed by atoms with Gasteiger partial charge in [0.15, 0.2) is 0 Å². The average molecular weight is 741 g/mol. The Morgan fingerprint density at radius 1 is 1.00 bits per heavy atom. The van der Waals surface area contributed by atoms with E-state index in [4.69, 9.17) is 23.2 Å². The number of aromatic nitrogens is 4. The number of fused-ring (bicyclic) bond motifs is 1. The molecule has 1 amide bonds. The summed E-state index contributed by atoms with van der Waals surface area (Å²) in [5.41, 5.74) is 4.55.